The Morgan fingerprint density at radius 2 is 0.865 bits per heavy atom. The highest BCUT2D eigenvalue weighted by Crippen LogP contribution is 2.19. The molecule has 37 heavy (non-hydrogen) atoms. The predicted octanol–water partition coefficient (Wildman–Crippen LogP) is 3.14. The molecule has 0 amide bonds. The topological polar surface area (TPSA) is 26.3 Å². The van der Waals surface area contributed by atoms with Crippen LogP contribution in [0.5, 0.6) is 0 Å². The van der Waals surface area contributed by atoms with E-state index in [-0.39, 0.29) is 0 Å². The van der Waals surface area contributed by atoms with E-state index in [0.29, 0.717) is 5.56 Å². The van der Waals surface area contributed by atoms with Gasteiger partial charge in [-0.3, -0.25) is 0 Å². The van der Waals surface area contributed by atoms with Crippen LogP contribution in [-0.4, -0.2) is 5.97 Å². The van der Waals surface area contributed by atoms with Crippen LogP contribution in [0.4, 0.5) is 0 Å². The van der Waals surface area contributed by atoms with Crippen molar-refractivity contribution >= 4 is 5.97 Å². The van der Waals surface area contributed by atoms with Crippen LogP contribution in [0, 0.1) is 131 Å². The first-order chi connectivity index (χ1) is 18.3. The van der Waals surface area contributed by atoms with E-state index < -0.39 is 5.97 Å². The summed E-state index contributed by atoms with van der Waals surface area (Å²) in [6.45, 7) is 0. The second kappa shape index (κ2) is 17.6. The van der Waals surface area contributed by atoms with Gasteiger partial charge in [-0.15, -0.1) is 6.42 Å². The van der Waals surface area contributed by atoms with E-state index in [4.69, 9.17) is 11.2 Å². The molecule has 0 aliphatic carbocycles. The maximum absolute atomic E-state index is 12.0. The Morgan fingerprint density at radius 3 is 1.30 bits per heavy atom. The molecule has 0 atom stereocenters. The van der Waals surface area contributed by atoms with E-state index in [2.05, 4.69) is 125 Å². The molecule has 0 unspecified atom stereocenters. The zero-order chi connectivity index (χ0) is 26.2. The third-order valence-corrected chi connectivity index (χ3v) is 3.62. The molecular formula is C35H10O2. The molecule has 0 aliphatic heterocycles. The van der Waals surface area contributed by atoms with Crippen LogP contribution >= 0.6 is 0 Å². The van der Waals surface area contributed by atoms with Crippen molar-refractivity contribution < 1.29 is 9.53 Å². The standard InChI is InChI=1S/C35H10O2/c1-2-3-4-5-6-7-8-9-10-11-12-13-14-15-16-17-18-19-20-24-31-37-35(36)34-29-27-33(28-30-34)32-25-22-21-23-26-32/h1,21-23,25-30H. The van der Waals surface area contributed by atoms with Crippen LogP contribution in [0.2, 0.25) is 0 Å². The third kappa shape index (κ3) is 12.0. The summed E-state index contributed by atoms with van der Waals surface area (Å²) in [5.74, 6) is 48.3. The molecule has 2 aromatic carbocycles. The molecule has 2 nitrogen and oxygen atoms in total. The monoisotopic (exact) mass is 462 g/mol. The zero-order valence-electron chi connectivity index (χ0n) is 19.1. The number of carbonyl (C=O) groups is 1. The van der Waals surface area contributed by atoms with E-state index in [1.165, 1.54) is 0 Å². The number of hydrogen-bond acceptors (Lipinski definition) is 2. The molecule has 0 fully saturated rings. The highest BCUT2D eigenvalue weighted by Gasteiger charge is 2.06. The fourth-order valence-corrected chi connectivity index (χ4v) is 2.15. The summed E-state index contributed by atoms with van der Waals surface area (Å²) in [6, 6.07) is 16.9. The Balaban J connectivity index is 1.76. The van der Waals surface area contributed by atoms with Crippen LogP contribution in [0.1, 0.15) is 10.4 Å². The van der Waals surface area contributed by atoms with Crippen LogP contribution < -0.4 is 0 Å². The van der Waals surface area contributed by atoms with Gasteiger partial charge in [-0.1, -0.05) is 42.5 Å². The number of carbonyl (C=O) groups excluding carboxylic acids is 1. The molecule has 0 aliphatic rings. The Hall–Kier alpha value is -6.93. The summed E-state index contributed by atoms with van der Waals surface area (Å²) in [5.41, 5.74) is 2.44. The van der Waals surface area contributed by atoms with E-state index in [9.17, 15) is 4.79 Å². The van der Waals surface area contributed by atoms with Gasteiger partial charge in [0.1, 0.15) is 6.11 Å². The molecule has 0 bridgehead atoms. The third-order valence-electron chi connectivity index (χ3n) is 3.62. The van der Waals surface area contributed by atoms with E-state index in [1.54, 1.807) is 12.1 Å². The fraction of sp³-hybridized carbons (Fsp3) is 0. The van der Waals surface area contributed by atoms with Gasteiger partial charge in [-0.05, 0) is 70.6 Å². The largest absolute Gasteiger partial charge is 0.367 e. The van der Waals surface area contributed by atoms with Gasteiger partial charge in [0.05, 0.1) is 5.56 Å². The molecule has 0 aromatic heterocycles. The second-order valence-electron chi connectivity index (χ2n) is 5.95. The molecule has 0 saturated carbocycles. The van der Waals surface area contributed by atoms with Gasteiger partial charge in [-0.2, -0.15) is 0 Å². The first kappa shape index (κ1) is 26.3. The van der Waals surface area contributed by atoms with Gasteiger partial charge in [0.2, 0.25) is 0 Å². The van der Waals surface area contributed by atoms with E-state index in [1.807, 2.05) is 42.5 Å². The molecule has 2 rings (SSSR count). The minimum absolute atomic E-state index is 0.386. The fourth-order valence-electron chi connectivity index (χ4n) is 2.15. The normalized spacial score (nSPS) is 6.46. The lowest BCUT2D eigenvalue weighted by atomic mass is 10.0. The Bertz CT molecular complexity index is 1850. The maximum Gasteiger partial charge on any atom is 0.352 e. The number of terminal acetylenes is 1. The van der Waals surface area contributed by atoms with Crippen molar-refractivity contribution in [3.05, 3.63) is 60.2 Å². The molecule has 0 N–H and O–H groups in total. The van der Waals surface area contributed by atoms with Gasteiger partial charge in [-0.25, -0.2) is 4.79 Å². The number of benzene rings is 2. The summed E-state index contributed by atoms with van der Waals surface area (Å²) in [5, 5.41) is 0. The minimum Gasteiger partial charge on any atom is -0.367 e. The number of rotatable bonds is 2. The molecule has 0 saturated heterocycles. The molecule has 162 valence electrons. The lowest BCUT2D eigenvalue weighted by Crippen LogP contribution is -2.00. The molecule has 0 heterocycles. The van der Waals surface area contributed by atoms with E-state index in [0.717, 1.165) is 11.1 Å². The van der Waals surface area contributed by atoms with Gasteiger partial charge in [0.25, 0.3) is 0 Å². The van der Waals surface area contributed by atoms with Gasteiger partial charge in [0.15, 0.2) is 0 Å². The Kier molecular flexibility index (Phi) is 12.5. The quantitative estimate of drug-likeness (QED) is 0.507. The van der Waals surface area contributed by atoms with Crippen LogP contribution in [0.3, 0.4) is 0 Å². The summed E-state index contributed by atoms with van der Waals surface area (Å²) in [6.07, 6.45) is 7.17. The molecule has 0 radical (unpaired) electrons. The van der Waals surface area contributed by atoms with Gasteiger partial charge >= 0.3 is 5.97 Å². The summed E-state index contributed by atoms with van der Waals surface area (Å²) >= 11 is 0. The summed E-state index contributed by atoms with van der Waals surface area (Å²) < 4.78 is 4.87. The van der Waals surface area contributed by atoms with Crippen LogP contribution in [-0.2, 0) is 4.74 Å². The highest BCUT2D eigenvalue weighted by atomic mass is 16.5. The summed E-state index contributed by atoms with van der Waals surface area (Å²) in [7, 11) is 0. The van der Waals surface area contributed by atoms with Crippen molar-refractivity contribution in [1.29, 1.82) is 0 Å². The van der Waals surface area contributed by atoms with Crippen molar-refractivity contribution in [2.45, 2.75) is 0 Å². The lowest BCUT2D eigenvalue weighted by Gasteiger charge is -2.02. The second-order valence-corrected chi connectivity index (χ2v) is 5.95. The Labute approximate surface area is 217 Å². The van der Waals surface area contributed by atoms with Crippen LogP contribution in [0.25, 0.3) is 11.1 Å². The van der Waals surface area contributed by atoms with Crippen molar-refractivity contribution in [2.75, 3.05) is 0 Å². The van der Waals surface area contributed by atoms with Crippen molar-refractivity contribution in [3.63, 3.8) is 0 Å². The SMILES string of the molecule is C#CC#CC#CC#CC#CC#CC#CC#CC#CC#CC#COC(=O)c1ccc(-c2ccccc2)cc1. The predicted molar refractivity (Wildman–Crippen MR) is 144 cm³/mol. The smallest absolute Gasteiger partial charge is 0.352 e. The number of esters is 1. The molecule has 2 aromatic rings. The van der Waals surface area contributed by atoms with E-state index >= 15 is 0 Å². The maximum atomic E-state index is 12.0. The first-order valence-electron chi connectivity index (χ1n) is 10.1. The molecule has 2 heteroatoms. The van der Waals surface area contributed by atoms with Crippen molar-refractivity contribution in [1.82, 2.24) is 0 Å². The minimum atomic E-state index is -0.567. The lowest BCUT2D eigenvalue weighted by molar-refractivity contribution is 0.0690. The van der Waals surface area contributed by atoms with Crippen molar-refractivity contribution in [2.24, 2.45) is 0 Å². The van der Waals surface area contributed by atoms with Gasteiger partial charge in [0, 0.05) is 71.0 Å². The first-order valence-corrected chi connectivity index (χ1v) is 10.1. The number of hydrogen-bond donors (Lipinski definition) is 0. The van der Waals surface area contributed by atoms with Gasteiger partial charge < -0.3 is 4.74 Å². The van der Waals surface area contributed by atoms with Crippen molar-refractivity contribution in [3.8, 4) is 142 Å². The highest BCUT2D eigenvalue weighted by molar-refractivity contribution is 5.90. The Morgan fingerprint density at radius 1 is 0.486 bits per heavy atom. The average Bonchev–Trinajstić information content (AvgIpc) is 2.94. The average molecular weight is 462 g/mol. The summed E-state index contributed by atoms with van der Waals surface area (Å²) in [4.78, 5) is 12.0. The zero-order valence-corrected chi connectivity index (χ0v) is 19.1. The van der Waals surface area contributed by atoms with Crippen LogP contribution in [0.15, 0.2) is 54.6 Å². The molecule has 0 spiro atoms. The number of ether oxygens (including phenoxy) is 1. The molecular weight excluding hydrogens is 452 g/mol.